The third kappa shape index (κ3) is 4.82. The van der Waals surface area contributed by atoms with Gasteiger partial charge >= 0.3 is 5.97 Å². The third-order valence-corrected chi connectivity index (χ3v) is 4.41. The van der Waals surface area contributed by atoms with Gasteiger partial charge in [-0.1, -0.05) is 31.5 Å². The summed E-state index contributed by atoms with van der Waals surface area (Å²) in [5.41, 5.74) is 1.72. The van der Waals surface area contributed by atoms with Crippen molar-refractivity contribution < 1.29 is 18.3 Å². The molecule has 2 aromatic carbocycles. The summed E-state index contributed by atoms with van der Waals surface area (Å²) in [6, 6.07) is 13.3. The smallest absolute Gasteiger partial charge is 0.362 e. The zero-order chi connectivity index (χ0) is 20.8. The van der Waals surface area contributed by atoms with E-state index in [2.05, 4.69) is 11.9 Å². The van der Waals surface area contributed by atoms with Crippen LogP contribution in [0.1, 0.15) is 41.4 Å². The maximum Gasteiger partial charge on any atom is 0.362 e. The predicted molar refractivity (Wildman–Crippen MR) is 104 cm³/mol. The third-order valence-electron chi connectivity index (χ3n) is 4.41. The van der Waals surface area contributed by atoms with Crippen molar-refractivity contribution >= 4 is 5.97 Å². The molecule has 0 radical (unpaired) electrons. The van der Waals surface area contributed by atoms with E-state index in [4.69, 9.17) is 10.00 Å². The van der Waals surface area contributed by atoms with Crippen LogP contribution in [0.3, 0.4) is 0 Å². The Morgan fingerprint density at radius 2 is 1.93 bits per heavy atom. The van der Waals surface area contributed by atoms with Gasteiger partial charge in [0.25, 0.3) is 0 Å². The molecule has 0 N–H and O–H groups in total. The van der Waals surface area contributed by atoms with Gasteiger partial charge < -0.3 is 4.74 Å². The number of aromatic nitrogens is 1. The highest BCUT2D eigenvalue weighted by Crippen LogP contribution is 2.24. The highest BCUT2D eigenvalue weighted by molar-refractivity contribution is 5.89. The lowest BCUT2D eigenvalue weighted by molar-refractivity contribution is 0.0728. The standard InChI is InChI=1S/C23H18F2N2O2/c1-2-3-4-15-5-9-19(21(25)11-15)17-7-10-22(27-14-17)23(28)29-18-8-6-16(13-26)20(24)12-18/h5-12,14H,2-4H2,1H3. The van der Waals surface area contributed by atoms with Crippen LogP contribution in [0.5, 0.6) is 5.75 Å². The topological polar surface area (TPSA) is 63.0 Å². The lowest BCUT2D eigenvalue weighted by Gasteiger charge is -2.08. The monoisotopic (exact) mass is 392 g/mol. The summed E-state index contributed by atoms with van der Waals surface area (Å²) in [5, 5.41) is 8.73. The number of pyridine rings is 1. The fourth-order valence-electron chi connectivity index (χ4n) is 2.81. The number of nitriles is 1. The lowest BCUT2D eigenvalue weighted by Crippen LogP contribution is -2.10. The molecule has 0 fully saturated rings. The number of nitrogens with zero attached hydrogens (tertiary/aromatic N) is 2. The van der Waals surface area contributed by atoms with Crippen molar-refractivity contribution in [3.8, 4) is 22.9 Å². The van der Waals surface area contributed by atoms with Crippen molar-refractivity contribution in [3.05, 3.63) is 83.2 Å². The Kier molecular flexibility index (Phi) is 6.30. The minimum absolute atomic E-state index is 0.00140. The summed E-state index contributed by atoms with van der Waals surface area (Å²) >= 11 is 0. The molecule has 3 aromatic rings. The number of halogens is 2. The van der Waals surface area contributed by atoms with Crippen LogP contribution < -0.4 is 4.74 Å². The molecule has 6 heteroatoms. The number of esters is 1. The molecular weight excluding hydrogens is 374 g/mol. The zero-order valence-corrected chi connectivity index (χ0v) is 15.8. The highest BCUT2D eigenvalue weighted by atomic mass is 19.1. The molecule has 4 nitrogen and oxygen atoms in total. The largest absolute Gasteiger partial charge is 0.422 e. The van der Waals surface area contributed by atoms with E-state index in [0.717, 1.165) is 30.9 Å². The first-order valence-corrected chi connectivity index (χ1v) is 9.18. The molecule has 0 unspecified atom stereocenters. The molecule has 0 atom stereocenters. The van der Waals surface area contributed by atoms with E-state index >= 15 is 0 Å². The number of hydrogen-bond acceptors (Lipinski definition) is 4. The highest BCUT2D eigenvalue weighted by Gasteiger charge is 2.13. The second-order valence-corrected chi connectivity index (χ2v) is 6.49. The number of rotatable bonds is 6. The molecule has 0 bridgehead atoms. The predicted octanol–water partition coefficient (Wildman–Crippen LogP) is 5.46. The molecule has 1 aromatic heterocycles. The van der Waals surface area contributed by atoms with E-state index in [-0.39, 0.29) is 22.8 Å². The minimum atomic E-state index is -0.781. The van der Waals surface area contributed by atoms with Crippen molar-refractivity contribution in [1.82, 2.24) is 4.98 Å². The Bertz CT molecular complexity index is 1070. The van der Waals surface area contributed by atoms with Crippen LogP contribution in [0.2, 0.25) is 0 Å². The fourth-order valence-corrected chi connectivity index (χ4v) is 2.81. The van der Waals surface area contributed by atoms with Gasteiger partial charge in [0.1, 0.15) is 29.1 Å². The molecule has 0 aliphatic heterocycles. The average molecular weight is 392 g/mol. The SMILES string of the molecule is CCCCc1ccc(-c2ccc(C(=O)Oc3ccc(C#N)c(F)c3)nc2)c(F)c1. The summed E-state index contributed by atoms with van der Waals surface area (Å²) < 4.78 is 33.1. The van der Waals surface area contributed by atoms with Gasteiger partial charge in [-0.3, -0.25) is 0 Å². The van der Waals surface area contributed by atoms with Crippen LogP contribution in [-0.4, -0.2) is 11.0 Å². The number of ether oxygens (including phenoxy) is 1. The minimum Gasteiger partial charge on any atom is -0.422 e. The van der Waals surface area contributed by atoms with Crippen molar-refractivity contribution in [2.45, 2.75) is 26.2 Å². The van der Waals surface area contributed by atoms with E-state index < -0.39 is 11.8 Å². The maximum absolute atomic E-state index is 14.4. The number of carbonyl (C=O) groups excluding carboxylic acids is 1. The Labute approximate surface area is 167 Å². The van der Waals surface area contributed by atoms with Gasteiger partial charge in [0, 0.05) is 23.4 Å². The van der Waals surface area contributed by atoms with Gasteiger partial charge in [-0.15, -0.1) is 0 Å². The molecular formula is C23H18F2N2O2. The molecule has 146 valence electrons. The number of benzene rings is 2. The van der Waals surface area contributed by atoms with Crippen LogP contribution >= 0.6 is 0 Å². The van der Waals surface area contributed by atoms with Gasteiger partial charge in [0.2, 0.25) is 0 Å². The lowest BCUT2D eigenvalue weighted by atomic mass is 10.0. The zero-order valence-electron chi connectivity index (χ0n) is 15.8. The molecule has 0 amide bonds. The molecule has 0 spiro atoms. The van der Waals surface area contributed by atoms with Gasteiger partial charge in [-0.25, -0.2) is 18.6 Å². The van der Waals surface area contributed by atoms with Gasteiger partial charge in [-0.2, -0.15) is 5.26 Å². The quantitative estimate of drug-likeness (QED) is 0.413. The fraction of sp³-hybridized carbons (Fsp3) is 0.174. The van der Waals surface area contributed by atoms with E-state index in [1.54, 1.807) is 18.2 Å². The van der Waals surface area contributed by atoms with Crippen LogP contribution in [0.25, 0.3) is 11.1 Å². The van der Waals surface area contributed by atoms with Crippen LogP contribution in [0, 0.1) is 23.0 Å². The number of carbonyl (C=O) groups is 1. The molecule has 0 aliphatic carbocycles. The first kappa shape index (κ1) is 20.2. The van der Waals surface area contributed by atoms with E-state index in [9.17, 15) is 13.6 Å². The summed E-state index contributed by atoms with van der Waals surface area (Å²) in [4.78, 5) is 16.2. The van der Waals surface area contributed by atoms with Crippen LogP contribution in [0.15, 0.2) is 54.7 Å². The first-order valence-electron chi connectivity index (χ1n) is 9.18. The second-order valence-electron chi connectivity index (χ2n) is 6.49. The number of hydrogen-bond donors (Lipinski definition) is 0. The van der Waals surface area contributed by atoms with Crippen LogP contribution in [-0.2, 0) is 6.42 Å². The van der Waals surface area contributed by atoms with E-state index in [1.807, 2.05) is 6.07 Å². The molecule has 0 saturated heterocycles. The van der Waals surface area contributed by atoms with E-state index in [1.165, 1.54) is 30.5 Å². The number of aryl methyl sites for hydroxylation is 1. The normalized spacial score (nSPS) is 10.4. The van der Waals surface area contributed by atoms with Crippen LogP contribution in [0.4, 0.5) is 8.78 Å². The Morgan fingerprint density at radius 1 is 1.10 bits per heavy atom. The summed E-state index contributed by atoms with van der Waals surface area (Å²) in [5.74, 6) is -1.94. The van der Waals surface area contributed by atoms with Gasteiger partial charge in [0.15, 0.2) is 0 Å². The summed E-state index contributed by atoms with van der Waals surface area (Å²) in [7, 11) is 0. The second kappa shape index (κ2) is 9.07. The summed E-state index contributed by atoms with van der Waals surface area (Å²) in [6.07, 6.45) is 4.26. The first-order chi connectivity index (χ1) is 14.0. The Balaban J connectivity index is 1.73. The van der Waals surface area contributed by atoms with Crippen molar-refractivity contribution in [1.29, 1.82) is 5.26 Å². The average Bonchev–Trinajstić information content (AvgIpc) is 2.72. The van der Waals surface area contributed by atoms with Crippen molar-refractivity contribution in [2.75, 3.05) is 0 Å². The molecule has 3 rings (SSSR count). The molecule has 1 heterocycles. The van der Waals surface area contributed by atoms with Crippen molar-refractivity contribution in [3.63, 3.8) is 0 Å². The van der Waals surface area contributed by atoms with E-state index in [0.29, 0.717) is 11.1 Å². The molecule has 29 heavy (non-hydrogen) atoms. The maximum atomic E-state index is 14.4. The Hall–Kier alpha value is -3.59. The molecule has 0 aliphatic rings. The Morgan fingerprint density at radius 3 is 2.55 bits per heavy atom. The van der Waals surface area contributed by atoms with Gasteiger partial charge in [-0.05, 0) is 42.7 Å². The van der Waals surface area contributed by atoms with Crippen molar-refractivity contribution in [2.24, 2.45) is 0 Å². The van der Waals surface area contributed by atoms with Gasteiger partial charge in [0.05, 0.1) is 5.56 Å². The number of unbranched alkanes of at least 4 members (excludes halogenated alkanes) is 1. The summed E-state index contributed by atoms with van der Waals surface area (Å²) in [6.45, 7) is 2.08. The molecule has 0 saturated carbocycles.